The molecule has 0 bridgehead atoms. The minimum Gasteiger partial charge on any atom is -0.495 e. The van der Waals surface area contributed by atoms with E-state index in [-0.39, 0.29) is 0 Å². The van der Waals surface area contributed by atoms with Crippen molar-refractivity contribution in [3.05, 3.63) is 34.6 Å². The smallest absolute Gasteiger partial charge is 0.142 e. The fourth-order valence-electron chi connectivity index (χ4n) is 1.49. The standard InChI is InChI=1S/C11H7BrN2O/c1-15-11-9-6-14-5-7(4-13)8(9)2-3-10(11)12/h2-3,5-6H,1H3. The first kappa shape index (κ1) is 9.94. The van der Waals surface area contributed by atoms with Gasteiger partial charge in [-0.15, -0.1) is 0 Å². The zero-order valence-corrected chi connectivity index (χ0v) is 9.58. The monoisotopic (exact) mass is 262 g/mol. The summed E-state index contributed by atoms with van der Waals surface area (Å²) in [6.45, 7) is 0. The summed E-state index contributed by atoms with van der Waals surface area (Å²) < 4.78 is 6.12. The highest BCUT2D eigenvalue weighted by Gasteiger charge is 2.08. The molecule has 74 valence electrons. The van der Waals surface area contributed by atoms with Crippen LogP contribution in [0.15, 0.2) is 29.0 Å². The van der Waals surface area contributed by atoms with Crippen LogP contribution in [0.5, 0.6) is 5.75 Å². The minimum absolute atomic E-state index is 0.554. The summed E-state index contributed by atoms with van der Waals surface area (Å²) in [6.07, 6.45) is 3.25. The van der Waals surface area contributed by atoms with Crippen LogP contribution in [-0.4, -0.2) is 12.1 Å². The van der Waals surface area contributed by atoms with E-state index in [9.17, 15) is 0 Å². The van der Waals surface area contributed by atoms with Crippen molar-refractivity contribution < 1.29 is 4.74 Å². The number of hydrogen-bond donors (Lipinski definition) is 0. The van der Waals surface area contributed by atoms with Crippen molar-refractivity contribution in [1.29, 1.82) is 5.26 Å². The molecule has 0 amide bonds. The van der Waals surface area contributed by atoms with Crippen LogP contribution < -0.4 is 4.74 Å². The zero-order valence-electron chi connectivity index (χ0n) is 7.99. The molecule has 1 heterocycles. The first-order valence-corrected chi connectivity index (χ1v) is 5.07. The number of halogens is 1. The molecule has 15 heavy (non-hydrogen) atoms. The number of nitriles is 1. The summed E-state index contributed by atoms with van der Waals surface area (Å²) in [4.78, 5) is 4.01. The van der Waals surface area contributed by atoms with Crippen molar-refractivity contribution in [2.24, 2.45) is 0 Å². The van der Waals surface area contributed by atoms with Gasteiger partial charge < -0.3 is 4.74 Å². The third kappa shape index (κ3) is 1.55. The number of benzene rings is 1. The van der Waals surface area contributed by atoms with Gasteiger partial charge in [0.15, 0.2) is 0 Å². The van der Waals surface area contributed by atoms with E-state index in [1.165, 1.54) is 0 Å². The second-order valence-corrected chi connectivity index (χ2v) is 3.83. The van der Waals surface area contributed by atoms with Gasteiger partial charge in [-0.1, -0.05) is 6.07 Å². The summed E-state index contributed by atoms with van der Waals surface area (Å²) in [5, 5.41) is 10.6. The molecular formula is C11H7BrN2O. The molecule has 0 aliphatic carbocycles. The molecule has 0 radical (unpaired) electrons. The van der Waals surface area contributed by atoms with Gasteiger partial charge in [-0.2, -0.15) is 5.26 Å². The van der Waals surface area contributed by atoms with Gasteiger partial charge in [-0.3, -0.25) is 4.98 Å². The molecule has 0 aliphatic rings. The average Bonchev–Trinajstić information content (AvgIpc) is 2.28. The van der Waals surface area contributed by atoms with E-state index < -0.39 is 0 Å². The van der Waals surface area contributed by atoms with Crippen molar-refractivity contribution >= 4 is 26.7 Å². The van der Waals surface area contributed by atoms with Gasteiger partial charge in [0.2, 0.25) is 0 Å². The Balaban J connectivity index is 2.90. The molecule has 0 fully saturated rings. The molecule has 1 aromatic carbocycles. The summed E-state index contributed by atoms with van der Waals surface area (Å²) >= 11 is 3.39. The Morgan fingerprint density at radius 3 is 2.80 bits per heavy atom. The van der Waals surface area contributed by atoms with Crippen LogP contribution in [0, 0.1) is 11.3 Å². The summed E-state index contributed by atoms with van der Waals surface area (Å²) in [7, 11) is 1.60. The van der Waals surface area contributed by atoms with Crippen molar-refractivity contribution in [2.45, 2.75) is 0 Å². The molecular weight excluding hydrogens is 256 g/mol. The molecule has 0 aliphatic heterocycles. The van der Waals surface area contributed by atoms with E-state index in [1.807, 2.05) is 12.1 Å². The first-order valence-electron chi connectivity index (χ1n) is 4.28. The fourth-order valence-corrected chi connectivity index (χ4v) is 2.00. The normalized spacial score (nSPS) is 9.93. The molecule has 0 unspecified atom stereocenters. The number of pyridine rings is 1. The third-order valence-corrected chi connectivity index (χ3v) is 2.79. The predicted molar refractivity (Wildman–Crippen MR) is 60.7 cm³/mol. The van der Waals surface area contributed by atoms with E-state index in [1.54, 1.807) is 19.5 Å². The molecule has 0 atom stereocenters. The number of hydrogen-bond acceptors (Lipinski definition) is 3. The van der Waals surface area contributed by atoms with E-state index >= 15 is 0 Å². The van der Waals surface area contributed by atoms with Crippen LogP contribution in [0.2, 0.25) is 0 Å². The number of methoxy groups -OCH3 is 1. The fraction of sp³-hybridized carbons (Fsp3) is 0.0909. The van der Waals surface area contributed by atoms with Crippen LogP contribution in [0.3, 0.4) is 0 Å². The topological polar surface area (TPSA) is 45.9 Å². The van der Waals surface area contributed by atoms with Crippen LogP contribution in [0.1, 0.15) is 5.56 Å². The Morgan fingerprint density at radius 2 is 2.13 bits per heavy atom. The lowest BCUT2D eigenvalue weighted by molar-refractivity contribution is 0.417. The summed E-state index contributed by atoms with van der Waals surface area (Å²) in [5.41, 5.74) is 0.554. The number of nitrogens with zero attached hydrogens (tertiary/aromatic N) is 2. The minimum atomic E-state index is 0.554. The van der Waals surface area contributed by atoms with Gasteiger partial charge in [-0.05, 0) is 22.0 Å². The highest BCUT2D eigenvalue weighted by molar-refractivity contribution is 9.10. The number of rotatable bonds is 1. The van der Waals surface area contributed by atoms with E-state index in [0.29, 0.717) is 11.3 Å². The molecule has 0 spiro atoms. The maximum atomic E-state index is 8.93. The molecule has 2 aromatic rings. The van der Waals surface area contributed by atoms with Crippen molar-refractivity contribution in [1.82, 2.24) is 4.98 Å². The van der Waals surface area contributed by atoms with Crippen LogP contribution >= 0.6 is 15.9 Å². The Bertz CT molecular complexity index is 560. The molecule has 3 nitrogen and oxygen atoms in total. The first-order chi connectivity index (χ1) is 7.27. The SMILES string of the molecule is COc1c(Br)ccc2c(C#N)cncc12. The van der Waals surface area contributed by atoms with Gasteiger partial charge >= 0.3 is 0 Å². The van der Waals surface area contributed by atoms with Gasteiger partial charge in [0, 0.05) is 23.2 Å². The Hall–Kier alpha value is -1.60. The Labute approximate surface area is 95.4 Å². The molecule has 0 saturated heterocycles. The third-order valence-electron chi connectivity index (χ3n) is 2.17. The lowest BCUT2D eigenvalue weighted by Gasteiger charge is -2.07. The van der Waals surface area contributed by atoms with Crippen molar-refractivity contribution in [3.63, 3.8) is 0 Å². The van der Waals surface area contributed by atoms with Gasteiger partial charge in [0.1, 0.15) is 11.8 Å². The maximum absolute atomic E-state index is 8.93. The Morgan fingerprint density at radius 1 is 1.33 bits per heavy atom. The average molecular weight is 263 g/mol. The number of ether oxygens (including phenoxy) is 1. The molecule has 4 heteroatoms. The Kier molecular flexibility index (Phi) is 2.57. The van der Waals surface area contributed by atoms with Crippen molar-refractivity contribution in [3.8, 4) is 11.8 Å². The van der Waals surface area contributed by atoms with Crippen LogP contribution in [0.25, 0.3) is 10.8 Å². The van der Waals surface area contributed by atoms with Crippen molar-refractivity contribution in [2.75, 3.05) is 7.11 Å². The summed E-state index contributed by atoms with van der Waals surface area (Å²) in [6, 6.07) is 5.85. The molecule has 0 N–H and O–H groups in total. The lowest BCUT2D eigenvalue weighted by Crippen LogP contribution is -1.89. The van der Waals surface area contributed by atoms with E-state index in [4.69, 9.17) is 10.00 Å². The van der Waals surface area contributed by atoms with Gasteiger partial charge in [0.25, 0.3) is 0 Å². The number of fused-ring (bicyclic) bond motifs is 1. The zero-order chi connectivity index (χ0) is 10.8. The second kappa shape index (κ2) is 3.87. The number of aromatic nitrogens is 1. The summed E-state index contributed by atoms with van der Waals surface area (Å²) in [5.74, 6) is 0.706. The van der Waals surface area contributed by atoms with E-state index in [0.717, 1.165) is 15.2 Å². The molecule has 2 rings (SSSR count). The van der Waals surface area contributed by atoms with Gasteiger partial charge in [-0.25, -0.2) is 0 Å². The largest absolute Gasteiger partial charge is 0.495 e. The van der Waals surface area contributed by atoms with Crippen LogP contribution in [-0.2, 0) is 0 Å². The highest BCUT2D eigenvalue weighted by Crippen LogP contribution is 2.33. The maximum Gasteiger partial charge on any atom is 0.142 e. The molecule has 1 aromatic heterocycles. The quantitative estimate of drug-likeness (QED) is 0.794. The second-order valence-electron chi connectivity index (χ2n) is 2.97. The van der Waals surface area contributed by atoms with E-state index in [2.05, 4.69) is 27.0 Å². The van der Waals surface area contributed by atoms with Crippen LogP contribution in [0.4, 0.5) is 0 Å². The molecule has 0 saturated carbocycles. The highest BCUT2D eigenvalue weighted by atomic mass is 79.9. The predicted octanol–water partition coefficient (Wildman–Crippen LogP) is 2.88. The lowest BCUT2D eigenvalue weighted by atomic mass is 10.1. The van der Waals surface area contributed by atoms with Gasteiger partial charge in [0.05, 0.1) is 17.1 Å².